The summed E-state index contributed by atoms with van der Waals surface area (Å²) in [5, 5.41) is 20.3. The lowest BCUT2D eigenvalue weighted by Gasteiger charge is -2.08. The first kappa shape index (κ1) is 11.9. The van der Waals surface area contributed by atoms with Gasteiger partial charge in [0.1, 0.15) is 6.04 Å². The van der Waals surface area contributed by atoms with Crippen LogP contribution in [0.4, 0.5) is 0 Å². The second-order valence-corrected chi connectivity index (χ2v) is 3.62. The van der Waals surface area contributed by atoms with Gasteiger partial charge in [-0.3, -0.25) is 0 Å². The lowest BCUT2D eigenvalue weighted by Crippen LogP contribution is -2.16. The van der Waals surface area contributed by atoms with E-state index in [0.717, 1.165) is 6.42 Å². The Balaban J connectivity index is 3.34. The summed E-state index contributed by atoms with van der Waals surface area (Å²) in [6.45, 7) is 1.67. The summed E-state index contributed by atoms with van der Waals surface area (Å²) < 4.78 is 0. The van der Waals surface area contributed by atoms with Gasteiger partial charge in [0.05, 0.1) is 12.7 Å². The van der Waals surface area contributed by atoms with Gasteiger partial charge in [-0.1, -0.05) is 12.1 Å². The number of hydrogen-bond acceptors (Lipinski definition) is 5. The topological polar surface area (TPSA) is 69.9 Å². The summed E-state index contributed by atoms with van der Waals surface area (Å²) in [6.07, 6.45) is 0.0466. The first-order valence-corrected chi connectivity index (χ1v) is 5.09. The van der Waals surface area contributed by atoms with Crippen molar-refractivity contribution in [1.29, 1.82) is 0 Å². The molecule has 0 aromatic carbocycles. The highest BCUT2D eigenvalue weighted by atomic mass is 32.2. The van der Waals surface area contributed by atoms with E-state index in [1.54, 1.807) is 0 Å². The summed E-state index contributed by atoms with van der Waals surface area (Å²) >= 11 is 1.44. The van der Waals surface area contributed by atoms with Crippen LogP contribution in [-0.4, -0.2) is 40.5 Å². The fourth-order valence-corrected chi connectivity index (χ4v) is 1.70. The Labute approximate surface area is 76.3 Å². The van der Waals surface area contributed by atoms with Crippen molar-refractivity contribution < 1.29 is 10.2 Å². The molecule has 5 heteroatoms. The van der Waals surface area contributed by atoms with E-state index in [1.165, 1.54) is 11.8 Å². The molecular weight excluding hydrogens is 178 g/mol. The van der Waals surface area contributed by atoms with Crippen LogP contribution in [0, 0.1) is 4.91 Å². The molecule has 12 heavy (non-hydrogen) atoms. The normalized spacial score (nSPS) is 15.6. The van der Waals surface area contributed by atoms with Crippen molar-refractivity contribution in [2.24, 2.45) is 5.18 Å². The third kappa shape index (κ3) is 5.51. The second kappa shape index (κ2) is 7.52. The molecule has 0 saturated heterocycles. The summed E-state index contributed by atoms with van der Waals surface area (Å²) in [4.78, 5) is 10.1. The molecule has 0 amide bonds. The minimum Gasteiger partial charge on any atom is -0.394 e. The van der Waals surface area contributed by atoms with E-state index in [1.807, 2.05) is 6.92 Å². The van der Waals surface area contributed by atoms with Gasteiger partial charge in [-0.2, -0.15) is 16.7 Å². The predicted molar refractivity (Wildman–Crippen MR) is 50.3 cm³/mol. The standard InChI is InChI=1S/C7H15NO3S/c1-2-6(8-11)4-12-5-7(10)3-9/h6-7,9-10H,2-5H2,1H3. The number of rotatable bonds is 7. The third-order valence-electron chi connectivity index (χ3n) is 1.45. The van der Waals surface area contributed by atoms with Crippen LogP contribution in [0.5, 0.6) is 0 Å². The van der Waals surface area contributed by atoms with Crippen LogP contribution in [0.15, 0.2) is 5.18 Å². The molecule has 0 aromatic heterocycles. The number of hydrogen-bond donors (Lipinski definition) is 2. The molecule has 2 atom stereocenters. The van der Waals surface area contributed by atoms with E-state index in [9.17, 15) is 4.91 Å². The minimum atomic E-state index is -0.681. The van der Waals surface area contributed by atoms with Gasteiger partial charge >= 0.3 is 0 Å². The quantitative estimate of drug-likeness (QED) is 0.581. The van der Waals surface area contributed by atoms with Gasteiger partial charge in [-0.25, -0.2) is 0 Å². The zero-order valence-corrected chi connectivity index (χ0v) is 7.96. The highest BCUT2D eigenvalue weighted by Gasteiger charge is 2.07. The highest BCUT2D eigenvalue weighted by Crippen LogP contribution is 2.09. The van der Waals surface area contributed by atoms with E-state index in [2.05, 4.69) is 5.18 Å². The van der Waals surface area contributed by atoms with Crippen molar-refractivity contribution in [1.82, 2.24) is 0 Å². The zero-order chi connectivity index (χ0) is 9.40. The van der Waals surface area contributed by atoms with E-state index >= 15 is 0 Å². The molecule has 4 nitrogen and oxygen atoms in total. The van der Waals surface area contributed by atoms with Crippen LogP contribution in [-0.2, 0) is 0 Å². The summed E-state index contributed by atoms with van der Waals surface area (Å²) in [5.74, 6) is 1.08. The fourth-order valence-electron chi connectivity index (χ4n) is 0.616. The van der Waals surface area contributed by atoms with Crippen LogP contribution in [0.1, 0.15) is 13.3 Å². The van der Waals surface area contributed by atoms with Crippen LogP contribution in [0.2, 0.25) is 0 Å². The van der Waals surface area contributed by atoms with Crippen molar-refractivity contribution in [2.45, 2.75) is 25.5 Å². The van der Waals surface area contributed by atoms with Gasteiger partial charge in [0.2, 0.25) is 0 Å². The van der Waals surface area contributed by atoms with Crippen LogP contribution < -0.4 is 0 Å². The van der Waals surface area contributed by atoms with E-state index in [0.29, 0.717) is 11.5 Å². The Morgan fingerprint density at radius 2 is 2.17 bits per heavy atom. The number of nitrogens with zero attached hydrogens (tertiary/aromatic N) is 1. The van der Waals surface area contributed by atoms with Crippen molar-refractivity contribution in [3.63, 3.8) is 0 Å². The zero-order valence-electron chi connectivity index (χ0n) is 7.14. The molecule has 0 aliphatic heterocycles. The van der Waals surface area contributed by atoms with Crippen molar-refractivity contribution in [3.05, 3.63) is 4.91 Å². The predicted octanol–water partition coefficient (Wildman–Crippen LogP) is 0.618. The van der Waals surface area contributed by atoms with Gasteiger partial charge in [0, 0.05) is 11.5 Å². The third-order valence-corrected chi connectivity index (χ3v) is 2.69. The molecule has 0 rings (SSSR count). The van der Waals surface area contributed by atoms with Gasteiger partial charge in [-0.05, 0) is 6.42 Å². The minimum absolute atomic E-state index is 0.166. The second-order valence-electron chi connectivity index (χ2n) is 2.54. The summed E-state index contributed by atoms with van der Waals surface area (Å²) in [7, 11) is 0. The molecular formula is C7H15NO3S. The lowest BCUT2D eigenvalue weighted by atomic mass is 10.3. The van der Waals surface area contributed by atoms with E-state index in [-0.39, 0.29) is 12.6 Å². The van der Waals surface area contributed by atoms with Gasteiger partial charge in [0.25, 0.3) is 0 Å². The molecule has 0 heterocycles. The van der Waals surface area contributed by atoms with Crippen LogP contribution >= 0.6 is 11.8 Å². The molecule has 0 bridgehead atoms. The smallest absolute Gasteiger partial charge is 0.101 e. The van der Waals surface area contributed by atoms with E-state index in [4.69, 9.17) is 10.2 Å². The van der Waals surface area contributed by atoms with Crippen LogP contribution in [0.3, 0.4) is 0 Å². The summed E-state index contributed by atoms with van der Waals surface area (Å²) in [5.41, 5.74) is 0. The SMILES string of the molecule is CCC(CSCC(O)CO)N=O. The molecule has 0 aromatic rings. The van der Waals surface area contributed by atoms with Crippen molar-refractivity contribution in [2.75, 3.05) is 18.1 Å². The molecule has 0 aliphatic rings. The average Bonchev–Trinajstić information content (AvgIpc) is 2.12. The first-order chi connectivity index (χ1) is 5.74. The monoisotopic (exact) mass is 193 g/mol. The maximum atomic E-state index is 10.1. The molecule has 0 saturated carbocycles. The number of thioether (sulfide) groups is 1. The molecule has 0 aliphatic carbocycles. The van der Waals surface area contributed by atoms with Crippen molar-refractivity contribution >= 4 is 11.8 Å². The van der Waals surface area contributed by atoms with Gasteiger partial charge in [-0.15, -0.1) is 0 Å². The maximum absolute atomic E-state index is 10.1. The number of aliphatic hydroxyl groups is 2. The fraction of sp³-hybridized carbons (Fsp3) is 1.00. The Bertz CT molecular complexity index is 123. The lowest BCUT2D eigenvalue weighted by molar-refractivity contribution is 0.113. The molecule has 0 fully saturated rings. The van der Waals surface area contributed by atoms with Crippen LogP contribution in [0.25, 0.3) is 0 Å². The molecule has 0 radical (unpaired) electrons. The largest absolute Gasteiger partial charge is 0.394 e. The molecule has 2 N–H and O–H groups in total. The Morgan fingerprint density at radius 3 is 2.58 bits per heavy atom. The number of aliphatic hydroxyl groups excluding tert-OH is 2. The average molecular weight is 193 g/mol. The highest BCUT2D eigenvalue weighted by molar-refractivity contribution is 7.99. The van der Waals surface area contributed by atoms with Crippen molar-refractivity contribution in [3.8, 4) is 0 Å². The Kier molecular flexibility index (Phi) is 7.43. The summed E-state index contributed by atoms with van der Waals surface area (Å²) in [6, 6.07) is -0.166. The Hall–Kier alpha value is -0.130. The van der Waals surface area contributed by atoms with Gasteiger partial charge in [0.15, 0.2) is 0 Å². The maximum Gasteiger partial charge on any atom is 0.101 e. The Morgan fingerprint density at radius 1 is 1.50 bits per heavy atom. The van der Waals surface area contributed by atoms with Gasteiger partial charge < -0.3 is 10.2 Å². The molecule has 0 spiro atoms. The first-order valence-electron chi connectivity index (χ1n) is 3.93. The molecule has 72 valence electrons. The van der Waals surface area contributed by atoms with E-state index < -0.39 is 6.10 Å². The number of nitroso groups, excluding NO2 is 1. The molecule has 2 unspecified atom stereocenters.